The van der Waals surface area contributed by atoms with Gasteiger partial charge >= 0.3 is 6.01 Å². The normalized spacial score (nSPS) is 18.1. The first-order valence-electron chi connectivity index (χ1n) is 11.7. The number of aryl methyl sites for hydroxylation is 1. The van der Waals surface area contributed by atoms with Crippen LogP contribution in [0.2, 0.25) is 0 Å². The van der Waals surface area contributed by atoms with Crippen LogP contribution in [0.4, 0.5) is 17.1 Å². The molecule has 1 amide bonds. The highest BCUT2D eigenvalue weighted by molar-refractivity contribution is 6.14. The zero-order chi connectivity index (χ0) is 24.7. The molecule has 5 rings (SSSR count). The van der Waals surface area contributed by atoms with Gasteiger partial charge in [0.05, 0.1) is 35.3 Å². The molecule has 0 spiro atoms. The minimum Gasteiger partial charge on any atom is -0.467 e. The van der Waals surface area contributed by atoms with Gasteiger partial charge in [-0.05, 0) is 39.0 Å². The van der Waals surface area contributed by atoms with Crippen molar-refractivity contribution in [2.24, 2.45) is 0 Å². The highest BCUT2D eigenvalue weighted by atomic mass is 16.5. The molecule has 0 unspecified atom stereocenters. The molecule has 1 fully saturated rings. The Balaban J connectivity index is 1.55. The maximum absolute atomic E-state index is 13.5. The molecule has 1 saturated heterocycles. The Bertz CT molecular complexity index is 1410. The Kier molecular flexibility index (Phi) is 5.89. The number of anilines is 3. The highest BCUT2D eigenvalue weighted by Gasteiger charge is 2.25. The van der Waals surface area contributed by atoms with E-state index < -0.39 is 0 Å². The van der Waals surface area contributed by atoms with Crippen molar-refractivity contribution in [3.8, 4) is 6.01 Å². The average Bonchev–Trinajstić information content (AvgIpc) is 3.21. The molecule has 0 aliphatic carbocycles. The first-order chi connectivity index (χ1) is 16.9. The fourth-order valence-electron chi connectivity index (χ4n) is 4.84. The van der Waals surface area contributed by atoms with Crippen LogP contribution in [0.3, 0.4) is 0 Å². The monoisotopic (exact) mass is 474 g/mol. The van der Waals surface area contributed by atoms with Gasteiger partial charge in [-0.1, -0.05) is 0 Å². The molecule has 1 aliphatic heterocycles. The fraction of sp³-hybridized carbons (Fsp3) is 0.360. The number of hydrogen-bond acceptors (Lipinski definition) is 8. The summed E-state index contributed by atoms with van der Waals surface area (Å²) in [7, 11) is 3.35. The van der Waals surface area contributed by atoms with E-state index in [0.29, 0.717) is 28.9 Å². The van der Waals surface area contributed by atoms with Crippen LogP contribution in [0.15, 0.2) is 36.8 Å². The lowest BCUT2D eigenvalue weighted by Gasteiger charge is -2.38. The first-order valence-corrected chi connectivity index (χ1v) is 11.7. The van der Waals surface area contributed by atoms with Gasteiger partial charge in [0.1, 0.15) is 0 Å². The molecule has 4 heterocycles. The molecule has 2 atom stereocenters. The Morgan fingerprint density at radius 3 is 2.66 bits per heavy atom. The third kappa shape index (κ3) is 4.32. The maximum Gasteiger partial charge on any atom is 0.316 e. The average molecular weight is 475 g/mol. The van der Waals surface area contributed by atoms with Crippen LogP contribution >= 0.6 is 0 Å². The summed E-state index contributed by atoms with van der Waals surface area (Å²) in [5, 5.41) is 10.5. The van der Waals surface area contributed by atoms with E-state index in [9.17, 15) is 4.79 Å². The number of amides is 1. The summed E-state index contributed by atoms with van der Waals surface area (Å²) in [6.45, 7) is 7.99. The molecule has 1 aromatic carbocycles. The van der Waals surface area contributed by atoms with Crippen LogP contribution in [-0.2, 0) is 0 Å². The lowest BCUT2D eigenvalue weighted by atomic mass is 10.0. The van der Waals surface area contributed by atoms with Crippen molar-refractivity contribution in [3.63, 3.8) is 0 Å². The van der Waals surface area contributed by atoms with Gasteiger partial charge in [-0.3, -0.25) is 4.79 Å². The fourth-order valence-corrected chi connectivity index (χ4v) is 4.84. The summed E-state index contributed by atoms with van der Waals surface area (Å²) in [6, 6.07) is 6.60. The van der Waals surface area contributed by atoms with E-state index in [4.69, 9.17) is 4.74 Å². The summed E-state index contributed by atoms with van der Waals surface area (Å²) in [5.41, 5.74) is 5.18. The predicted molar refractivity (Wildman–Crippen MR) is 138 cm³/mol. The highest BCUT2D eigenvalue weighted by Crippen LogP contribution is 2.31. The van der Waals surface area contributed by atoms with Gasteiger partial charge in [0.15, 0.2) is 5.65 Å². The van der Waals surface area contributed by atoms with Gasteiger partial charge in [-0.15, -0.1) is 0 Å². The molecule has 182 valence electrons. The summed E-state index contributed by atoms with van der Waals surface area (Å²) < 4.78 is 7.18. The van der Waals surface area contributed by atoms with E-state index in [0.717, 1.165) is 41.2 Å². The van der Waals surface area contributed by atoms with E-state index in [2.05, 4.69) is 49.6 Å². The van der Waals surface area contributed by atoms with Crippen LogP contribution < -0.4 is 25.6 Å². The Hall–Kier alpha value is -3.92. The standard InChI is InChI=1S/C25H30N8O2/c1-14-10-32(11-15(2)28-14)21-7-6-18(22-19(21)9-27-25(31-22)35-5)24(34)30-17-8-20(26-4)23-29-16(3)12-33(23)13-17/h6-9,12-15,26,28H,10-11H2,1-5H3,(H,30,34)/t14-,15+. The van der Waals surface area contributed by atoms with Crippen LogP contribution in [-0.4, -0.2) is 64.6 Å². The number of nitrogens with zero attached hydrogens (tertiary/aromatic N) is 5. The van der Waals surface area contributed by atoms with E-state index >= 15 is 0 Å². The molecule has 10 nitrogen and oxygen atoms in total. The zero-order valence-electron chi connectivity index (χ0n) is 20.6. The zero-order valence-corrected chi connectivity index (χ0v) is 20.6. The lowest BCUT2D eigenvalue weighted by molar-refractivity contribution is 0.102. The van der Waals surface area contributed by atoms with Gasteiger partial charge in [0, 0.05) is 61.9 Å². The number of carbonyl (C=O) groups is 1. The molecule has 1 aliphatic rings. The topological polar surface area (TPSA) is 109 Å². The molecule has 0 bridgehead atoms. The Morgan fingerprint density at radius 2 is 1.94 bits per heavy atom. The molecule has 0 saturated carbocycles. The van der Waals surface area contributed by atoms with Gasteiger partial charge in [-0.25, -0.2) is 9.97 Å². The molecule has 4 aromatic rings. The van der Waals surface area contributed by atoms with Gasteiger partial charge in [-0.2, -0.15) is 4.98 Å². The SMILES string of the molecule is CNc1cc(NC(=O)c2ccc(N3C[C@@H](C)N[C@@H](C)C3)c3cnc(OC)nc23)cn2cc(C)nc12. The number of aromatic nitrogens is 4. The summed E-state index contributed by atoms with van der Waals surface area (Å²) in [4.78, 5) is 29.2. The second-order valence-electron chi connectivity index (χ2n) is 9.08. The van der Waals surface area contributed by atoms with Crippen molar-refractivity contribution < 1.29 is 9.53 Å². The first kappa shape index (κ1) is 22.9. The molecule has 3 aromatic heterocycles. The van der Waals surface area contributed by atoms with E-state index in [1.54, 1.807) is 6.20 Å². The molecule has 0 radical (unpaired) electrons. The molecular formula is C25H30N8O2. The van der Waals surface area contributed by atoms with Crippen LogP contribution in [0.25, 0.3) is 16.6 Å². The largest absolute Gasteiger partial charge is 0.467 e. The number of ether oxygens (including phenoxy) is 1. The number of piperazine rings is 1. The van der Waals surface area contributed by atoms with E-state index in [1.165, 1.54) is 7.11 Å². The number of imidazole rings is 1. The van der Waals surface area contributed by atoms with Crippen molar-refractivity contribution in [2.75, 3.05) is 42.8 Å². The number of methoxy groups -OCH3 is 1. The number of nitrogens with one attached hydrogen (secondary N) is 3. The van der Waals surface area contributed by atoms with E-state index in [-0.39, 0.29) is 11.9 Å². The van der Waals surface area contributed by atoms with E-state index in [1.807, 2.05) is 49.0 Å². The number of pyridine rings is 1. The van der Waals surface area contributed by atoms with Crippen molar-refractivity contribution in [3.05, 3.63) is 48.0 Å². The Labute approximate surface area is 203 Å². The van der Waals surface area contributed by atoms with Crippen LogP contribution in [0, 0.1) is 6.92 Å². The quantitative estimate of drug-likeness (QED) is 0.405. The maximum atomic E-state index is 13.5. The van der Waals surface area contributed by atoms with Crippen LogP contribution in [0.5, 0.6) is 6.01 Å². The Morgan fingerprint density at radius 1 is 1.17 bits per heavy atom. The number of hydrogen-bond donors (Lipinski definition) is 3. The summed E-state index contributed by atoms with van der Waals surface area (Å²) >= 11 is 0. The molecule has 3 N–H and O–H groups in total. The van der Waals surface area contributed by atoms with Crippen molar-refractivity contribution >= 4 is 39.5 Å². The summed E-state index contributed by atoms with van der Waals surface area (Å²) in [6.07, 6.45) is 5.51. The number of benzene rings is 1. The lowest BCUT2D eigenvalue weighted by Crippen LogP contribution is -2.54. The number of fused-ring (bicyclic) bond motifs is 2. The minimum absolute atomic E-state index is 0.221. The molecule has 35 heavy (non-hydrogen) atoms. The van der Waals surface area contributed by atoms with Crippen LogP contribution in [0.1, 0.15) is 29.9 Å². The predicted octanol–water partition coefficient (Wildman–Crippen LogP) is 3.08. The second-order valence-corrected chi connectivity index (χ2v) is 9.08. The minimum atomic E-state index is -0.261. The number of carbonyl (C=O) groups excluding carboxylic acids is 1. The van der Waals surface area contributed by atoms with Crippen molar-refractivity contribution in [2.45, 2.75) is 32.9 Å². The smallest absolute Gasteiger partial charge is 0.316 e. The third-order valence-corrected chi connectivity index (χ3v) is 6.23. The third-order valence-electron chi connectivity index (χ3n) is 6.23. The van der Waals surface area contributed by atoms with Gasteiger partial charge in [0.25, 0.3) is 5.91 Å². The number of rotatable bonds is 5. The summed E-state index contributed by atoms with van der Waals surface area (Å²) in [5.74, 6) is -0.261. The van der Waals surface area contributed by atoms with Crippen molar-refractivity contribution in [1.29, 1.82) is 0 Å². The molecular weight excluding hydrogens is 444 g/mol. The van der Waals surface area contributed by atoms with Crippen molar-refractivity contribution in [1.82, 2.24) is 24.7 Å². The molecule has 10 heteroatoms. The van der Waals surface area contributed by atoms with Gasteiger partial charge < -0.3 is 30.0 Å². The second kappa shape index (κ2) is 9.03. The van der Waals surface area contributed by atoms with Gasteiger partial charge in [0.2, 0.25) is 0 Å².